The van der Waals surface area contributed by atoms with Crippen LogP contribution in [0.1, 0.15) is 10.4 Å². The Kier molecular flexibility index (Phi) is 6.83. The number of nitrogens with one attached hydrogen (secondary N) is 2. The number of halogens is 3. The molecule has 0 fully saturated rings. The number of carbonyl (C=O) groups excluding carboxylic acids is 2. The van der Waals surface area contributed by atoms with Crippen molar-refractivity contribution in [3.63, 3.8) is 0 Å². The SMILES string of the molecule is COC(=O)c1ccc(Oc2ccc(NC(=O)Nc3ccc(OC(F)(F)F)cc3)cc2)cc1. The molecule has 0 heterocycles. The van der Waals surface area contributed by atoms with Gasteiger partial charge in [-0.2, -0.15) is 0 Å². The lowest BCUT2D eigenvalue weighted by molar-refractivity contribution is -0.274. The van der Waals surface area contributed by atoms with Crippen molar-refractivity contribution >= 4 is 23.4 Å². The average molecular weight is 446 g/mol. The van der Waals surface area contributed by atoms with Gasteiger partial charge in [0.25, 0.3) is 0 Å². The first-order valence-electron chi connectivity index (χ1n) is 9.12. The minimum Gasteiger partial charge on any atom is -0.465 e. The number of anilines is 2. The second-order valence-electron chi connectivity index (χ2n) is 6.29. The van der Waals surface area contributed by atoms with Gasteiger partial charge in [-0.05, 0) is 72.8 Å². The van der Waals surface area contributed by atoms with Gasteiger partial charge >= 0.3 is 18.4 Å². The fourth-order valence-corrected chi connectivity index (χ4v) is 2.55. The second kappa shape index (κ2) is 9.73. The van der Waals surface area contributed by atoms with Gasteiger partial charge < -0.3 is 24.8 Å². The van der Waals surface area contributed by atoms with Crippen LogP contribution >= 0.6 is 0 Å². The number of alkyl halides is 3. The van der Waals surface area contributed by atoms with E-state index in [1.54, 1.807) is 48.5 Å². The topological polar surface area (TPSA) is 85.9 Å². The molecule has 10 heteroatoms. The summed E-state index contributed by atoms with van der Waals surface area (Å²) in [6, 6.07) is 17.0. The number of rotatable bonds is 6. The highest BCUT2D eigenvalue weighted by Crippen LogP contribution is 2.25. The number of carbonyl (C=O) groups is 2. The first-order chi connectivity index (χ1) is 15.2. The normalized spacial score (nSPS) is 10.8. The fraction of sp³-hybridized carbons (Fsp3) is 0.0909. The molecule has 0 aromatic heterocycles. The predicted octanol–water partition coefficient (Wildman–Crippen LogP) is 5.81. The average Bonchev–Trinajstić information content (AvgIpc) is 2.75. The van der Waals surface area contributed by atoms with Crippen LogP contribution in [0.3, 0.4) is 0 Å². The van der Waals surface area contributed by atoms with E-state index in [1.807, 2.05) is 0 Å². The van der Waals surface area contributed by atoms with Gasteiger partial charge in [-0.25, -0.2) is 9.59 Å². The van der Waals surface area contributed by atoms with Gasteiger partial charge in [-0.1, -0.05) is 0 Å². The molecule has 3 aromatic carbocycles. The van der Waals surface area contributed by atoms with Crippen LogP contribution in [-0.4, -0.2) is 25.5 Å². The Balaban J connectivity index is 1.52. The van der Waals surface area contributed by atoms with Crippen molar-refractivity contribution in [3.8, 4) is 17.2 Å². The minimum atomic E-state index is -4.78. The monoisotopic (exact) mass is 446 g/mol. The van der Waals surface area contributed by atoms with Crippen molar-refractivity contribution in [2.45, 2.75) is 6.36 Å². The van der Waals surface area contributed by atoms with Crippen molar-refractivity contribution in [2.24, 2.45) is 0 Å². The molecule has 3 rings (SSSR count). The fourth-order valence-electron chi connectivity index (χ4n) is 2.55. The third-order valence-electron chi connectivity index (χ3n) is 3.97. The Morgan fingerprint density at radius 2 is 1.16 bits per heavy atom. The molecule has 0 aliphatic carbocycles. The standard InChI is InChI=1S/C22H17F3N2O5/c1-30-20(28)14-2-8-17(9-3-14)31-18-10-4-15(5-11-18)26-21(29)27-16-6-12-19(13-7-16)32-22(23,24)25/h2-13H,1H3,(H2,26,27,29). The third-order valence-corrected chi connectivity index (χ3v) is 3.97. The predicted molar refractivity (Wildman–Crippen MR) is 110 cm³/mol. The smallest absolute Gasteiger partial charge is 0.465 e. The van der Waals surface area contributed by atoms with Crippen molar-refractivity contribution in [2.75, 3.05) is 17.7 Å². The molecule has 0 saturated carbocycles. The molecule has 0 aliphatic rings. The number of methoxy groups -OCH3 is 1. The number of ether oxygens (including phenoxy) is 3. The molecule has 0 atom stereocenters. The minimum absolute atomic E-state index is 0.285. The Labute approximate surface area is 180 Å². The summed E-state index contributed by atoms with van der Waals surface area (Å²) in [5.74, 6) is 0.172. The van der Waals surface area contributed by atoms with E-state index in [4.69, 9.17) is 4.74 Å². The van der Waals surface area contributed by atoms with Crippen LogP contribution in [0.2, 0.25) is 0 Å². The number of esters is 1. The maximum Gasteiger partial charge on any atom is 0.573 e. The number of urea groups is 1. The van der Waals surface area contributed by atoms with Crippen molar-refractivity contribution < 1.29 is 37.0 Å². The van der Waals surface area contributed by atoms with E-state index in [9.17, 15) is 22.8 Å². The number of amides is 2. The van der Waals surface area contributed by atoms with E-state index in [0.29, 0.717) is 22.7 Å². The molecule has 0 radical (unpaired) electrons. The zero-order chi connectivity index (χ0) is 23.1. The van der Waals surface area contributed by atoms with Crippen LogP contribution in [0.5, 0.6) is 17.2 Å². The molecular formula is C22H17F3N2O5. The number of hydrogen-bond donors (Lipinski definition) is 2. The van der Waals surface area contributed by atoms with Crippen LogP contribution in [0.4, 0.5) is 29.3 Å². The molecular weight excluding hydrogens is 429 g/mol. The maximum absolute atomic E-state index is 12.2. The van der Waals surface area contributed by atoms with Gasteiger partial charge in [-0.15, -0.1) is 13.2 Å². The highest BCUT2D eigenvalue weighted by molar-refractivity contribution is 5.99. The molecule has 3 aromatic rings. The highest BCUT2D eigenvalue weighted by Gasteiger charge is 2.30. The van der Waals surface area contributed by atoms with Crippen LogP contribution in [0.15, 0.2) is 72.8 Å². The van der Waals surface area contributed by atoms with Crippen molar-refractivity contribution in [1.82, 2.24) is 0 Å². The Bertz CT molecular complexity index is 1070. The van der Waals surface area contributed by atoms with Gasteiger partial charge in [0, 0.05) is 11.4 Å². The van der Waals surface area contributed by atoms with Crippen LogP contribution in [-0.2, 0) is 4.74 Å². The molecule has 0 saturated heterocycles. The Morgan fingerprint density at radius 3 is 1.59 bits per heavy atom. The summed E-state index contributed by atoms with van der Waals surface area (Å²) in [6.45, 7) is 0. The summed E-state index contributed by atoms with van der Waals surface area (Å²) in [7, 11) is 1.30. The molecule has 32 heavy (non-hydrogen) atoms. The zero-order valence-corrected chi connectivity index (χ0v) is 16.6. The summed E-state index contributed by atoms with van der Waals surface area (Å²) in [5, 5.41) is 5.09. The van der Waals surface area contributed by atoms with Crippen LogP contribution < -0.4 is 20.1 Å². The summed E-state index contributed by atoms with van der Waals surface area (Å²) >= 11 is 0. The van der Waals surface area contributed by atoms with Gasteiger partial charge in [0.15, 0.2) is 0 Å². The van der Waals surface area contributed by atoms with E-state index >= 15 is 0 Å². The number of hydrogen-bond acceptors (Lipinski definition) is 5. The Morgan fingerprint density at radius 1 is 0.719 bits per heavy atom. The van der Waals surface area contributed by atoms with Crippen molar-refractivity contribution in [3.05, 3.63) is 78.4 Å². The lowest BCUT2D eigenvalue weighted by Crippen LogP contribution is -2.19. The quantitative estimate of drug-likeness (QED) is 0.467. The highest BCUT2D eigenvalue weighted by atomic mass is 19.4. The van der Waals surface area contributed by atoms with E-state index in [0.717, 1.165) is 12.1 Å². The number of benzene rings is 3. The molecule has 0 bridgehead atoms. The maximum atomic E-state index is 12.2. The summed E-state index contributed by atoms with van der Waals surface area (Å²) in [5.41, 5.74) is 1.15. The lowest BCUT2D eigenvalue weighted by atomic mass is 10.2. The van der Waals surface area contributed by atoms with Crippen molar-refractivity contribution in [1.29, 1.82) is 0 Å². The first kappa shape index (κ1) is 22.5. The molecule has 0 spiro atoms. The van der Waals surface area contributed by atoms with Gasteiger partial charge in [0.1, 0.15) is 17.2 Å². The van der Waals surface area contributed by atoms with Gasteiger partial charge in [-0.3, -0.25) is 0 Å². The van der Waals surface area contributed by atoms with Gasteiger partial charge in [0.2, 0.25) is 0 Å². The van der Waals surface area contributed by atoms with E-state index in [-0.39, 0.29) is 11.4 Å². The van der Waals surface area contributed by atoms with Crippen LogP contribution in [0.25, 0.3) is 0 Å². The molecule has 2 N–H and O–H groups in total. The third kappa shape index (κ3) is 6.66. The lowest BCUT2D eigenvalue weighted by Gasteiger charge is -2.11. The van der Waals surface area contributed by atoms with E-state index < -0.39 is 18.4 Å². The van der Waals surface area contributed by atoms with E-state index in [1.165, 1.54) is 19.2 Å². The molecule has 166 valence electrons. The summed E-state index contributed by atoms with van der Waals surface area (Å²) in [4.78, 5) is 23.5. The molecule has 2 amide bonds. The largest absolute Gasteiger partial charge is 0.573 e. The van der Waals surface area contributed by atoms with E-state index in [2.05, 4.69) is 20.1 Å². The Hall–Kier alpha value is -4.21. The second-order valence-corrected chi connectivity index (χ2v) is 6.29. The van der Waals surface area contributed by atoms with Gasteiger partial charge in [0.05, 0.1) is 12.7 Å². The first-order valence-corrected chi connectivity index (χ1v) is 9.12. The van der Waals surface area contributed by atoms with Crippen LogP contribution in [0, 0.1) is 0 Å². The molecule has 7 nitrogen and oxygen atoms in total. The summed E-state index contributed by atoms with van der Waals surface area (Å²) < 4.78 is 50.6. The molecule has 0 aliphatic heterocycles. The summed E-state index contributed by atoms with van der Waals surface area (Å²) in [6.07, 6.45) is -4.78. The molecule has 0 unspecified atom stereocenters. The zero-order valence-electron chi connectivity index (χ0n) is 16.6.